The fourth-order valence-electron chi connectivity index (χ4n) is 2.97. The fourth-order valence-corrected chi connectivity index (χ4v) is 3.62. The molecule has 0 N–H and O–H groups in total. The molecule has 1 aliphatic heterocycles. The number of anilines is 1. The SMILES string of the molecule is C[C@H]1CCc2ccccc2N1Cc1nc(-c2cccs2)no1. The Balaban J connectivity index is 1.61. The zero-order valence-corrected chi connectivity index (χ0v) is 13.2. The molecule has 1 atom stereocenters. The van der Waals surface area contributed by atoms with Crippen LogP contribution in [0.2, 0.25) is 0 Å². The normalized spacial score (nSPS) is 17.5. The average molecular weight is 311 g/mol. The molecule has 4 rings (SSSR count). The maximum atomic E-state index is 5.46. The van der Waals surface area contributed by atoms with E-state index in [1.165, 1.54) is 11.3 Å². The first-order valence-corrected chi connectivity index (χ1v) is 8.40. The molecule has 3 heterocycles. The minimum absolute atomic E-state index is 0.479. The molecule has 0 fully saturated rings. The first kappa shape index (κ1) is 13.5. The van der Waals surface area contributed by atoms with Crippen LogP contribution < -0.4 is 4.90 Å². The number of nitrogens with zero attached hydrogens (tertiary/aromatic N) is 3. The third-order valence-corrected chi connectivity index (χ3v) is 5.05. The summed E-state index contributed by atoms with van der Waals surface area (Å²) in [6.07, 6.45) is 2.29. The molecule has 0 radical (unpaired) electrons. The highest BCUT2D eigenvalue weighted by Gasteiger charge is 2.24. The molecular formula is C17H17N3OS. The zero-order valence-electron chi connectivity index (χ0n) is 12.4. The van der Waals surface area contributed by atoms with Crippen LogP contribution in [0.15, 0.2) is 46.3 Å². The summed E-state index contributed by atoms with van der Waals surface area (Å²) in [6.45, 7) is 2.92. The molecule has 4 nitrogen and oxygen atoms in total. The topological polar surface area (TPSA) is 42.2 Å². The van der Waals surface area contributed by atoms with Crippen molar-refractivity contribution < 1.29 is 4.52 Å². The van der Waals surface area contributed by atoms with Crippen molar-refractivity contribution in [2.24, 2.45) is 0 Å². The lowest BCUT2D eigenvalue weighted by atomic mass is 9.97. The van der Waals surface area contributed by atoms with Crippen molar-refractivity contribution in [2.45, 2.75) is 32.4 Å². The maximum Gasteiger partial charge on any atom is 0.246 e. The Hall–Kier alpha value is -2.14. The van der Waals surface area contributed by atoms with Gasteiger partial charge in [-0.05, 0) is 42.8 Å². The Morgan fingerprint density at radius 3 is 3.05 bits per heavy atom. The van der Waals surface area contributed by atoms with E-state index in [0.717, 1.165) is 17.7 Å². The van der Waals surface area contributed by atoms with Crippen LogP contribution >= 0.6 is 11.3 Å². The Bertz CT molecular complexity index is 766. The molecule has 5 heteroatoms. The Labute approximate surface area is 133 Å². The second-order valence-corrected chi connectivity index (χ2v) is 6.58. The van der Waals surface area contributed by atoms with Crippen LogP contribution in [-0.4, -0.2) is 16.2 Å². The molecule has 1 aliphatic rings. The molecule has 2 aromatic heterocycles. The Morgan fingerprint density at radius 1 is 1.27 bits per heavy atom. The van der Waals surface area contributed by atoms with Crippen LogP contribution in [0.3, 0.4) is 0 Å². The standard InChI is InChI=1S/C17H17N3OS/c1-12-8-9-13-5-2-3-6-14(13)20(12)11-16-18-17(19-21-16)15-7-4-10-22-15/h2-7,10,12H,8-9,11H2,1H3/t12-/m0/s1. The van der Waals surface area contributed by atoms with Gasteiger partial charge in [-0.3, -0.25) is 0 Å². The summed E-state index contributed by atoms with van der Waals surface area (Å²) in [6, 6.07) is 13.1. The van der Waals surface area contributed by atoms with Crippen molar-refractivity contribution in [1.29, 1.82) is 0 Å². The molecule has 112 valence electrons. The molecule has 3 aromatic rings. The smallest absolute Gasteiger partial charge is 0.246 e. The van der Waals surface area contributed by atoms with Gasteiger partial charge in [-0.15, -0.1) is 11.3 Å². The summed E-state index contributed by atoms with van der Waals surface area (Å²) in [5.74, 6) is 1.36. The van der Waals surface area contributed by atoms with Gasteiger partial charge in [-0.2, -0.15) is 4.98 Å². The van der Waals surface area contributed by atoms with Crippen molar-refractivity contribution >= 4 is 17.0 Å². The van der Waals surface area contributed by atoms with Gasteiger partial charge in [-0.25, -0.2) is 0 Å². The number of aromatic nitrogens is 2. The van der Waals surface area contributed by atoms with Crippen LogP contribution in [0, 0.1) is 0 Å². The predicted molar refractivity (Wildman–Crippen MR) is 88.0 cm³/mol. The van der Waals surface area contributed by atoms with Gasteiger partial charge in [0.25, 0.3) is 0 Å². The van der Waals surface area contributed by atoms with Crippen molar-refractivity contribution in [2.75, 3.05) is 4.90 Å². The summed E-state index contributed by atoms with van der Waals surface area (Å²) < 4.78 is 5.46. The Kier molecular flexibility index (Phi) is 3.42. The minimum Gasteiger partial charge on any atom is -0.359 e. The third kappa shape index (κ3) is 2.41. The number of aryl methyl sites for hydroxylation is 1. The number of rotatable bonds is 3. The highest BCUT2D eigenvalue weighted by molar-refractivity contribution is 7.13. The minimum atomic E-state index is 0.479. The average Bonchev–Trinajstić information content (AvgIpc) is 3.21. The van der Waals surface area contributed by atoms with Gasteiger partial charge in [-0.1, -0.05) is 29.4 Å². The lowest BCUT2D eigenvalue weighted by Crippen LogP contribution is -2.36. The number of hydrogen-bond donors (Lipinski definition) is 0. The number of para-hydroxylation sites is 1. The quantitative estimate of drug-likeness (QED) is 0.729. The molecular weight excluding hydrogens is 294 g/mol. The molecule has 0 spiro atoms. The summed E-state index contributed by atoms with van der Waals surface area (Å²) >= 11 is 1.63. The molecule has 1 aromatic carbocycles. The third-order valence-electron chi connectivity index (χ3n) is 4.18. The van der Waals surface area contributed by atoms with E-state index in [1.54, 1.807) is 11.3 Å². The first-order chi connectivity index (χ1) is 10.8. The van der Waals surface area contributed by atoms with E-state index in [-0.39, 0.29) is 0 Å². The van der Waals surface area contributed by atoms with E-state index in [9.17, 15) is 0 Å². The second-order valence-electron chi connectivity index (χ2n) is 5.63. The number of fused-ring (bicyclic) bond motifs is 1. The second kappa shape index (κ2) is 5.57. The number of thiophene rings is 1. The molecule has 0 saturated heterocycles. The highest BCUT2D eigenvalue weighted by atomic mass is 32.1. The lowest BCUT2D eigenvalue weighted by Gasteiger charge is -2.36. The molecule has 0 saturated carbocycles. The van der Waals surface area contributed by atoms with Crippen LogP contribution in [0.25, 0.3) is 10.7 Å². The fraction of sp³-hybridized carbons (Fsp3) is 0.294. The molecule has 0 bridgehead atoms. The largest absolute Gasteiger partial charge is 0.359 e. The van der Waals surface area contributed by atoms with Gasteiger partial charge >= 0.3 is 0 Å². The maximum absolute atomic E-state index is 5.46. The van der Waals surface area contributed by atoms with E-state index >= 15 is 0 Å². The van der Waals surface area contributed by atoms with Gasteiger partial charge in [0.15, 0.2) is 0 Å². The van der Waals surface area contributed by atoms with E-state index < -0.39 is 0 Å². The monoisotopic (exact) mass is 311 g/mol. The van der Waals surface area contributed by atoms with Crippen molar-refractivity contribution in [1.82, 2.24) is 10.1 Å². The van der Waals surface area contributed by atoms with Crippen LogP contribution in [0.1, 0.15) is 24.8 Å². The predicted octanol–water partition coefficient (Wildman–Crippen LogP) is 4.14. The van der Waals surface area contributed by atoms with Crippen molar-refractivity contribution in [3.63, 3.8) is 0 Å². The summed E-state index contributed by atoms with van der Waals surface area (Å²) in [5.41, 5.74) is 2.69. The van der Waals surface area contributed by atoms with Crippen molar-refractivity contribution in [3.05, 3.63) is 53.2 Å². The van der Waals surface area contributed by atoms with Gasteiger partial charge in [0.2, 0.25) is 11.7 Å². The molecule has 22 heavy (non-hydrogen) atoms. The molecule has 0 aliphatic carbocycles. The lowest BCUT2D eigenvalue weighted by molar-refractivity contribution is 0.369. The molecule has 0 unspecified atom stereocenters. The summed E-state index contributed by atoms with van der Waals surface area (Å²) in [7, 11) is 0. The van der Waals surface area contributed by atoms with Gasteiger partial charge in [0.05, 0.1) is 11.4 Å². The highest BCUT2D eigenvalue weighted by Crippen LogP contribution is 2.32. The first-order valence-electron chi connectivity index (χ1n) is 7.52. The van der Waals surface area contributed by atoms with E-state index in [1.807, 2.05) is 17.5 Å². The van der Waals surface area contributed by atoms with E-state index in [2.05, 4.69) is 46.2 Å². The number of hydrogen-bond acceptors (Lipinski definition) is 5. The van der Waals surface area contributed by atoms with Gasteiger partial charge in [0, 0.05) is 11.7 Å². The zero-order chi connectivity index (χ0) is 14.9. The van der Waals surface area contributed by atoms with E-state index in [4.69, 9.17) is 4.52 Å². The Morgan fingerprint density at radius 2 is 2.18 bits per heavy atom. The summed E-state index contributed by atoms with van der Waals surface area (Å²) in [4.78, 5) is 7.95. The van der Waals surface area contributed by atoms with Crippen LogP contribution in [0.4, 0.5) is 5.69 Å². The number of benzene rings is 1. The van der Waals surface area contributed by atoms with E-state index in [0.29, 0.717) is 24.3 Å². The van der Waals surface area contributed by atoms with Crippen LogP contribution in [-0.2, 0) is 13.0 Å². The summed E-state index contributed by atoms with van der Waals surface area (Å²) in [5, 5.41) is 6.12. The van der Waals surface area contributed by atoms with Gasteiger partial charge < -0.3 is 9.42 Å². The van der Waals surface area contributed by atoms with Gasteiger partial charge in [0.1, 0.15) is 0 Å². The molecule has 0 amide bonds. The van der Waals surface area contributed by atoms with Crippen LogP contribution in [0.5, 0.6) is 0 Å². The van der Waals surface area contributed by atoms with Crippen molar-refractivity contribution in [3.8, 4) is 10.7 Å².